The van der Waals surface area contributed by atoms with Gasteiger partial charge in [-0.3, -0.25) is 14.3 Å². The molecule has 2 rings (SSSR count). The number of nitrogens with one attached hydrogen (secondary N) is 1. The first-order valence-electron chi connectivity index (χ1n) is 6.34. The summed E-state index contributed by atoms with van der Waals surface area (Å²) < 4.78 is 1.22. The van der Waals surface area contributed by atoms with Crippen LogP contribution in [0.3, 0.4) is 0 Å². The van der Waals surface area contributed by atoms with Crippen molar-refractivity contribution in [3.8, 4) is 0 Å². The smallest absolute Gasteiger partial charge is 0.325 e. The predicted octanol–water partition coefficient (Wildman–Crippen LogP) is 1.13. The van der Waals surface area contributed by atoms with Crippen LogP contribution in [0.15, 0.2) is 24.8 Å². The van der Waals surface area contributed by atoms with Crippen molar-refractivity contribution in [2.24, 2.45) is 0 Å². The molecule has 2 aromatic heterocycles. The van der Waals surface area contributed by atoms with Gasteiger partial charge in [-0.25, -0.2) is 9.97 Å². The van der Waals surface area contributed by atoms with Crippen LogP contribution in [0.25, 0.3) is 0 Å². The maximum absolute atomic E-state index is 12.2. The van der Waals surface area contributed by atoms with Crippen LogP contribution in [0.5, 0.6) is 0 Å². The Morgan fingerprint density at radius 1 is 1.43 bits per heavy atom. The number of carboxylic acid groups (broad SMARTS) is 1. The number of anilines is 1. The van der Waals surface area contributed by atoms with Crippen molar-refractivity contribution in [2.75, 3.05) is 5.32 Å². The summed E-state index contributed by atoms with van der Waals surface area (Å²) in [6, 6.07) is 1.53. The standard InChI is InChI=1S/C13H15N5O3/c1-8(2)12-9(5-14-7-15-12)13(21)16-10-3-4-18(17-10)6-11(19)20/h3-5,7-8H,6H2,1-2H3,(H,19,20)(H,16,17,21). The predicted molar refractivity (Wildman–Crippen MR) is 73.9 cm³/mol. The van der Waals surface area contributed by atoms with Gasteiger partial charge >= 0.3 is 5.97 Å². The minimum Gasteiger partial charge on any atom is -0.480 e. The fourth-order valence-corrected chi connectivity index (χ4v) is 1.81. The second-order valence-corrected chi connectivity index (χ2v) is 4.72. The van der Waals surface area contributed by atoms with Gasteiger partial charge in [0.15, 0.2) is 5.82 Å². The van der Waals surface area contributed by atoms with Crippen molar-refractivity contribution in [1.29, 1.82) is 0 Å². The fraction of sp³-hybridized carbons (Fsp3) is 0.308. The number of hydrogen-bond donors (Lipinski definition) is 2. The lowest BCUT2D eigenvalue weighted by molar-refractivity contribution is -0.137. The largest absolute Gasteiger partial charge is 0.480 e. The van der Waals surface area contributed by atoms with Crippen molar-refractivity contribution in [1.82, 2.24) is 19.7 Å². The average molecular weight is 289 g/mol. The normalized spacial score (nSPS) is 10.6. The Hall–Kier alpha value is -2.77. The molecule has 0 saturated carbocycles. The van der Waals surface area contributed by atoms with Crippen molar-refractivity contribution in [3.63, 3.8) is 0 Å². The van der Waals surface area contributed by atoms with E-state index >= 15 is 0 Å². The van der Waals surface area contributed by atoms with Gasteiger partial charge in [0.1, 0.15) is 12.9 Å². The van der Waals surface area contributed by atoms with E-state index in [1.54, 1.807) is 0 Å². The van der Waals surface area contributed by atoms with E-state index < -0.39 is 5.97 Å². The van der Waals surface area contributed by atoms with Gasteiger partial charge in [0.05, 0.1) is 11.3 Å². The van der Waals surface area contributed by atoms with E-state index in [9.17, 15) is 9.59 Å². The first-order chi connectivity index (χ1) is 9.97. The number of aliphatic carboxylic acids is 1. The van der Waals surface area contributed by atoms with Crippen LogP contribution in [0, 0.1) is 0 Å². The number of amides is 1. The average Bonchev–Trinajstić information content (AvgIpc) is 2.85. The molecule has 0 aromatic carbocycles. The SMILES string of the molecule is CC(C)c1ncncc1C(=O)Nc1ccn(CC(=O)O)n1. The summed E-state index contributed by atoms with van der Waals surface area (Å²) in [5.41, 5.74) is 1.02. The molecule has 2 heterocycles. The van der Waals surface area contributed by atoms with E-state index in [1.165, 1.54) is 29.5 Å². The third-order valence-electron chi connectivity index (χ3n) is 2.71. The molecule has 0 bridgehead atoms. The molecule has 0 fully saturated rings. The first-order valence-corrected chi connectivity index (χ1v) is 6.34. The summed E-state index contributed by atoms with van der Waals surface area (Å²) in [6.07, 6.45) is 4.33. The molecule has 0 saturated heterocycles. The molecule has 0 aliphatic carbocycles. The molecule has 0 atom stereocenters. The van der Waals surface area contributed by atoms with Gasteiger partial charge in [0.25, 0.3) is 5.91 Å². The van der Waals surface area contributed by atoms with E-state index in [2.05, 4.69) is 20.4 Å². The Balaban J connectivity index is 2.15. The number of nitrogens with zero attached hydrogens (tertiary/aromatic N) is 4. The summed E-state index contributed by atoms with van der Waals surface area (Å²) in [4.78, 5) is 30.8. The molecule has 0 spiro atoms. The minimum absolute atomic E-state index is 0.0818. The van der Waals surface area contributed by atoms with Crippen molar-refractivity contribution in [2.45, 2.75) is 26.3 Å². The number of hydrogen-bond acceptors (Lipinski definition) is 5. The zero-order chi connectivity index (χ0) is 15.4. The molecule has 0 aliphatic rings. The van der Waals surface area contributed by atoms with Crippen LogP contribution in [0.2, 0.25) is 0 Å². The highest BCUT2D eigenvalue weighted by Crippen LogP contribution is 2.16. The molecule has 21 heavy (non-hydrogen) atoms. The second kappa shape index (κ2) is 6.12. The Bertz CT molecular complexity index is 665. The monoisotopic (exact) mass is 289 g/mol. The molecule has 8 heteroatoms. The zero-order valence-electron chi connectivity index (χ0n) is 11.6. The Morgan fingerprint density at radius 3 is 2.86 bits per heavy atom. The highest BCUT2D eigenvalue weighted by Gasteiger charge is 2.16. The maximum Gasteiger partial charge on any atom is 0.325 e. The molecule has 2 aromatic rings. The van der Waals surface area contributed by atoms with Gasteiger partial charge in [-0.05, 0) is 5.92 Å². The van der Waals surface area contributed by atoms with Gasteiger partial charge in [-0.2, -0.15) is 5.10 Å². The van der Waals surface area contributed by atoms with Gasteiger partial charge in [-0.15, -0.1) is 0 Å². The topological polar surface area (TPSA) is 110 Å². The molecule has 8 nitrogen and oxygen atoms in total. The first kappa shape index (κ1) is 14.6. The summed E-state index contributed by atoms with van der Waals surface area (Å²) in [6.45, 7) is 3.60. The summed E-state index contributed by atoms with van der Waals surface area (Å²) in [5.74, 6) is -1.02. The Morgan fingerprint density at radius 2 is 2.19 bits per heavy atom. The number of aromatic nitrogens is 4. The van der Waals surface area contributed by atoms with Crippen LogP contribution in [-0.4, -0.2) is 36.7 Å². The number of carboxylic acids is 1. The lowest BCUT2D eigenvalue weighted by Gasteiger charge is -2.09. The molecule has 2 N–H and O–H groups in total. The highest BCUT2D eigenvalue weighted by molar-refractivity contribution is 6.04. The Kier molecular flexibility index (Phi) is 4.27. The van der Waals surface area contributed by atoms with Crippen LogP contribution in [0.4, 0.5) is 5.82 Å². The quantitative estimate of drug-likeness (QED) is 0.853. The maximum atomic E-state index is 12.2. The zero-order valence-corrected chi connectivity index (χ0v) is 11.6. The summed E-state index contributed by atoms with van der Waals surface area (Å²) >= 11 is 0. The molecule has 1 amide bonds. The van der Waals surface area contributed by atoms with Crippen molar-refractivity contribution < 1.29 is 14.7 Å². The molecule has 0 aliphatic heterocycles. The highest BCUT2D eigenvalue weighted by atomic mass is 16.4. The van der Waals surface area contributed by atoms with E-state index in [0.29, 0.717) is 11.3 Å². The second-order valence-electron chi connectivity index (χ2n) is 4.72. The van der Waals surface area contributed by atoms with Crippen LogP contribution in [0.1, 0.15) is 35.8 Å². The molecule has 110 valence electrons. The lowest BCUT2D eigenvalue weighted by atomic mass is 10.1. The summed E-state index contributed by atoms with van der Waals surface area (Å²) in [7, 11) is 0. The van der Waals surface area contributed by atoms with E-state index in [1.807, 2.05) is 13.8 Å². The molecular formula is C13H15N5O3. The van der Waals surface area contributed by atoms with E-state index in [4.69, 9.17) is 5.11 Å². The minimum atomic E-state index is -1.01. The van der Waals surface area contributed by atoms with Gasteiger partial charge in [0.2, 0.25) is 0 Å². The number of carbonyl (C=O) groups excluding carboxylic acids is 1. The molecular weight excluding hydrogens is 274 g/mol. The molecule has 0 unspecified atom stereocenters. The third kappa shape index (κ3) is 3.62. The third-order valence-corrected chi connectivity index (χ3v) is 2.71. The fourth-order valence-electron chi connectivity index (χ4n) is 1.81. The van der Waals surface area contributed by atoms with Gasteiger partial charge < -0.3 is 10.4 Å². The van der Waals surface area contributed by atoms with Crippen LogP contribution in [-0.2, 0) is 11.3 Å². The number of carbonyl (C=O) groups is 2. The van der Waals surface area contributed by atoms with Crippen LogP contribution < -0.4 is 5.32 Å². The van der Waals surface area contributed by atoms with Crippen molar-refractivity contribution in [3.05, 3.63) is 36.0 Å². The van der Waals surface area contributed by atoms with E-state index in [-0.39, 0.29) is 24.2 Å². The number of rotatable bonds is 5. The lowest BCUT2D eigenvalue weighted by Crippen LogP contribution is -2.17. The Labute approximate surface area is 120 Å². The summed E-state index contributed by atoms with van der Waals surface area (Å²) in [5, 5.41) is 15.2. The van der Waals surface area contributed by atoms with Gasteiger partial charge in [0, 0.05) is 18.5 Å². The van der Waals surface area contributed by atoms with Crippen molar-refractivity contribution >= 4 is 17.7 Å². The van der Waals surface area contributed by atoms with E-state index in [0.717, 1.165) is 0 Å². The van der Waals surface area contributed by atoms with Crippen LogP contribution >= 0.6 is 0 Å². The van der Waals surface area contributed by atoms with Gasteiger partial charge in [-0.1, -0.05) is 13.8 Å². The molecule has 0 radical (unpaired) electrons.